The van der Waals surface area contributed by atoms with Crippen molar-refractivity contribution in [2.45, 2.75) is 32.4 Å². The quantitative estimate of drug-likeness (QED) is 0.304. The first kappa shape index (κ1) is 25.3. The van der Waals surface area contributed by atoms with Crippen LogP contribution >= 0.6 is 24.0 Å². The van der Waals surface area contributed by atoms with Gasteiger partial charge >= 0.3 is 0 Å². The summed E-state index contributed by atoms with van der Waals surface area (Å²) in [5.74, 6) is 0.928. The first-order chi connectivity index (χ1) is 14.7. The van der Waals surface area contributed by atoms with E-state index in [4.69, 9.17) is 0 Å². The van der Waals surface area contributed by atoms with Gasteiger partial charge in [-0.1, -0.05) is 44.2 Å². The summed E-state index contributed by atoms with van der Waals surface area (Å²) < 4.78 is 14.0. The number of benzene rings is 1. The van der Waals surface area contributed by atoms with Gasteiger partial charge in [-0.05, 0) is 37.2 Å². The van der Waals surface area contributed by atoms with Crippen molar-refractivity contribution in [3.8, 4) is 0 Å². The molecule has 8 heteroatoms. The second kappa shape index (κ2) is 12.8. The second-order valence-electron chi connectivity index (χ2n) is 7.49. The zero-order valence-corrected chi connectivity index (χ0v) is 20.9. The van der Waals surface area contributed by atoms with Gasteiger partial charge < -0.3 is 15.5 Å². The highest BCUT2D eigenvalue weighted by molar-refractivity contribution is 14.0. The fraction of sp³-hybridized carbons (Fsp3) is 0.478. The number of hydrogen-bond donors (Lipinski definition) is 2. The van der Waals surface area contributed by atoms with E-state index in [0.29, 0.717) is 12.4 Å². The summed E-state index contributed by atoms with van der Waals surface area (Å²) in [4.78, 5) is 13.0. The van der Waals surface area contributed by atoms with Crippen LogP contribution in [0.1, 0.15) is 31.9 Å². The van der Waals surface area contributed by atoms with Crippen molar-refractivity contribution in [2.75, 3.05) is 44.7 Å². The fourth-order valence-electron chi connectivity index (χ4n) is 4.06. The molecule has 31 heavy (non-hydrogen) atoms. The van der Waals surface area contributed by atoms with Crippen LogP contribution in [0.2, 0.25) is 0 Å². The Morgan fingerprint density at radius 1 is 1.23 bits per heavy atom. The average molecular weight is 540 g/mol. The minimum absolute atomic E-state index is 0. The number of aliphatic imine (C=N–C) groups is 1. The van der Waals surface area contributed by atoms with Crippen LogP contribution < -0.4 is 15.5 Å². The van der Waals surface area contributed by atoms with Crippen LogP contribution in [0, 0.1) is 5.82 Å². The second-order valence-corrected chi connectivity index (χ2v) is 7.49. The molecule has 2 heterocycles. The Labute approximate surface area is 202 Å². The lowest BCUT2D eigenvalue weighted by atomic mass is 10.1. The molecule has 0 saturated carbocycles. The van der Waals surface area contributed by atoms with Gasteiger partial charge in [-0.25, -0.2) is 9.37 Å². The molecular weight excluding hydrogens is 506 g/mol. The van der Waals surface area contributed by atoms with Crippen LogP contribution in [-0.2, 0) is 0 Å². The normalized spacial score (nSPS) is 17.4. The maximum atomic E-state index is 14.0. The molecule has 1 aliphatic rings. The maximum Gasteiger partial charge on any atom is 0.191 e. The molecule has 2 aromatic rings. The lowest BCUT2D eigenvalue weighted by Gasteiger charge is -2.31. The maximum absolute atomic E-state index is 14.0. The first-order valence-electron chi connectivity index (χ1n) is 10.8. The minimum atomic E-state index is -0.273. The molecule has 2 atom stereocenters. The molecular formula is C23H34FIN6. The molecule has 0 spiro atoms. The van der Waals surface area contributed by atoms with E-state index in [0.717, 1.165) is 38.6 Å². The molecule has 2 N–H and O–H groups in total. The lowest BCUT2D eigenvalue weighted by molar-refractivity contribution is 0.219. The SMILES string of the molecule is CCN(CC)C(CNC(=NC)NC1CCN(c2ncccc2F)C1)c1ccccc1.I. The van der Waals surface area contributed by atoms with Crippen LogP contribution in [-0.4, -0.2) is 61.7 Å². The van der Waals surface area contributed by atoms with Crippen molar-refractivity contribution < 1.29 is 4.39 Å². The number of nitrogens with zero attached hydrogens (tertiary/aromatic N) is 4. The Bertz CT molecular complexity index is 815. The highest BCUT2D eigenvalue weighted by atomic mass is 127. The van der Waals surface area contributed by atoms with Crippen molar-refractivity contribution in [3.05, 3.63) is 60.0 Å². The first-order valence-corrected chi connectivity index (χ1v) is 10.8. The molecule has 1 aromatic heterocycles. The number of hydrogen-bond acceptors (Lipinski definition) is 4. The zero-order chi connectivity index (χ0) is 21.3. The van der Waals surface area contributed by atoms with Gasteiger partial charge in [-0.2, -0.15) is 0 Å². The van der Waals surface area contributed by atoms with E-state index in [1.807, 2.05) is 11.0 Å². The molecule has 1 aromatic carbocycles. The number of likely N-dealkylation sites (N-methyl/N-ethyl adjacent to an activating group) is 1. The Balaban J connectivity index is 0.00000341. The molecule has 6 nitrogen and oxygen atoms in total. The molecule has 0 bridgehead atoms. The van der Waals surface area contributed by atoms with E-state index in [1.165, 1.54) is 11.6 Å². The monoisotopic (exact) mass is 540 g/mol. The van der Waals surface area contributed by atoms with Crippen molar-refractivity contribution in [2.24, 2.45) is 4.99 Å². The fourth-order valence-corrected chi connectivity index (χ4v) is 4.06. The van der Waals surface area contributed by atoms with Crippen molar-refractivity contribution in [1.82, 2.24) is 20.5 Å². The predicted octanol–water partition coefficient (Wildman–Crippen LogP) is 3.67. The number of rotatable bonds is 8. The Hall–Kier alpha value is -1.94. The van der Waals surface area contributed by atoms with Crippen molar-refractivity contribution >= 4 is 35.8 Å². The predicted molar refractivity (Wildman–Crippen MR) is 137 cm³/mol. The minimum Gasteiger partial charge on any atom is -0.354 e. The van der Waals surface area contributed by atoms with Gasteiger partial charge in [0.15, 0.2) is 17.6 Å². The molecule has 1 saturated heterocycles. The molecule has 170 valence electrons. The third-order valence-corrected chi connectivity index (χ3v) is 5.69. The summed E-state index contributed by atoms with van der Waals surface area (Å²) in [5.41, 5.74) is 1.29. The van der Waals surface area contributed by atoms with E-state index in [9.17, 15) is 4.39 Å². The van der Waals surface area contributed by atoms with Gasteiger partial charge in [0.05, 0.1) is 6.04 Å². The summed E-state index contributed by atoms with van der Waals surface area (Å²) in [6, 6.07) is 14.1. The molecule has 3 rings (SSSR count). The highest BCUT2D eigenvalue weighted by Crippen LogP contribution is 2.21. The Morgan fingerprint density at radius 2 is 1.97 bits per heavy atom. The van der Waals surface area contributed by atoms with Gasteiger partial charge in [-0.3, -0.25) is 9.89 Å². The van der Waals surface area contributed by atoms with Crippen LogP contribution in [0.3, 0.4) is 0 Å². The van der Waals surface area contributed by atoms with E-state index < -0.39 is 0 Å². The number of halogens is 2. The van der Waals surface area contributed by atoms with E-state index in [1.54, 1.807) is 19.3 Å². The summed E-state index contributed by atoms with van der Waals surface area (Å²) in [6.07, 6.45) is 2.55. The Kier molecular flexibility index (Phi) is 10.5. The number of aromatic nitrogens is 1. The molecule has 1 fully saturated rings. The van der Waals surface area contributed by atoms with Crippen LogP contribution in [0.25, 0.3) is 0 Å². The van der Waals surface area contributed by atoms with Crippen LogP contribution in [0.15, 0.2) is 53.7 Å². The average Bonchev–Trinajstić information content (AvgIpc) is 3.25. The van der Waals surface area contributed by atoms with Crippen LogP contribution in [0.5, 0.6) is 0 Å². The van der Waals surface area contributed by atoms with E-state index >= 15 is 0 Å². The van der Waals surface area contributed by atoms with Crippen LogP contribution in [0.4, 0.5) is 10.2 Å². The molecule has 0 amide bonds. The smallest absolute Gasteiger partial charge is 0.191 e. The van der Waals surface area contributed by atoms with E-state index in [-0.39, 0.29) is 41.9 Å². The van der Waals surface area contributed by atoms with Gasteiger partial charge in [-0.15, -0.1) is 24.0 Å². The van der Waals surface area contributed by atoms with E-state index in [2.05, 4.69) is 63.6 Å². The summed E-state index contributed by atoms with van der Waals surface area (Å²) in [7, 11) is 1.79. The highest BCUT2D eigenvalue weighted by Gasteiger charge is 2.26. The third kappa shape index (κ3) is 6.77. The number of guanidine groups is 1. The molecule has 0 aliphatic carbocycles. The summed E-state index contributed by atoms with van der Waals surface area (Å²) in [6.45, 7) is 8.58. The third-order valence-electron chi connectivity index (χ3n) is 5.69. The molecule has 0 radical (unpaired) electrons. The molecule has 2 unspecified atom stereocenters. The largest absolute Gasteiger partial charge is 0.354 e. The number of nitrogens with one attached hydrogen (secondary N) is 2. The standard InChI is InChI=1S/C23H33FN6.HI/c1-4-29(5-2)21(18-10-7-6-8-11-18)16-27-23(25-3)28-19-13-15-30(17-19)22-20(24)12-9-14-26-22;/h6-12,14,19,21H,4-5,13,15-17H2,1-3H3,(H2,25,27,28);1H. The summed E-state index contributed by atoms with van der Waals surface area (Å²) in [5, 5.41) is 6.99. The lowest BCUT2D eigenvalue weighted by Crippen LogP contribution is -2.47. The molecule has 1 aliphatic heterocycles. The van der Waals surface area contributed by atoms with Gasteiger partial charge in [0.2, 0.25) is 0 Å². The number of anilines is 1. The topological polar surface area (TPSA) is 55.8 Å². The van der Waals surface area contributed by atoms with Gasteiger partial charge in [0.25, 0.3) is 0 Å². The zero-order valence-electron chi connectivity index (χ0n) is 18.6. The van der Waals surface area contributed by atoms with Crippen molar-refractivity contribution in [3.63, 3.8) is 0 Å². The number of pyridine rings is 1. The Morgan fingerprint density at radius 3 is 2.61 bits per heavy atom. The van der Waals surface area contributed by atoms with Gasteiger partial charge in [0, 0.05) is 38.9 Å². The van der Waals surface area contributed by atoms with Crippen molar-refractivity contribution in [1.29, 1.82) is 0 Å². The van der Waals surface area contributed by atoms with Gasteiger partial charge in [0.1, 0.15) is 0 Å². The summed E-state index contributed by atoms with van der Waals surface area (Å²) >= 11 is 0.